The molecule has 0 atom stereocenters. The van der Waals surface area contributed by atoms with E-state index in [4.69, 9.17) is 4.74 Å². The highest BCUT2D eigenvalue weighted by Gasteiger charge is 2.36. The van der Waals surface area contributed by atoms with Gasteiger partial charge in [0.05, 0.1) is 59.8 Å². The minimum atomic E-state index is -4.71. The highest BCUT2D eigenvalue weighted by Crippen LogP contribution is 2.43. The van der Waals surface area contributed by atoms with Crippen LogP contribution in [0.4, 0.5) is 37.7 Å². The zero-order valence-electron chi connectivity index (χ0n) is 19.2. The van der Waals surface area contributed by atoms with E-state index in [2.05, 4.69) is 25.9 Å². The van der Waals surface area contributed by atoms with Crippen molar-refractivity contribution in [2.75, 3.05) is 18.5 Å². The molecule has 1 amide bonds. The molecule has 0 radical (unpaired) electrons. The van der Waals surface area contributed by atoms with Crippen LogP contribution < -0.4 is 15.4 Å². The topological polar surface area (TPSA) is 93.4 Å². The largest absolute Gasteiger partial charge is 0.493 e. The Labute approximate surface area is 206 Å². The van der Waals surface area contributed by atoms with Gasteiger partial charge in [-0.2, -0.15) is 26.3 Å². The number of carbonyl (C=O) groups is 1. The summed E-state index contributed by atoms with van der Waals surface area (Å²) in [4.78, 5) is 17.0. The van der Waals surface area contributed by atoms with Crippen LogP contribution in [0, 0.1) is 0 Å². The summed E-state index contributed by atoms with van der Waals surface area (Å²) in [5.74, 6) is -0.988. The van der Waals surface area contributed by atoms with Crippen molar-refractivity contribution >= 4 is 23.0 Å². The highest BCUT2D eigenvalue weighted by atomic mass is 19.4. The van der Waals surface area contributed by atoms with Gasteiger partial charge in [0.2, 0.25) is 5.91 Å². The Bertz CT molecular complexity index is 1330. The molecule has 1 aliphatic rings. The first-order chi connectivity index (χ1) is 17.4. The van der Waals surface area contributed by atoms with Crippen molar-refractivity contribution in [3.63, 3.8) is 0 Å². The van der Waals surface area contributed by atoms with Gasteiger partial charge in [0, 0.05) is 12.6 Å². The van der Waals surface area contributed by atoms with Crippen molar-refractivity contribution in [1.82, 2.24) is 20.3 Å². The Morgan fingerprint density at radius 2 is 1.92 bits per heavy atom. The first-order valence-corrected chi connectivity index (χ1v) is 11.0. The number of nitrogens with one attached hydrogen (secondary N) is 2. The third kappa shape index (κ3) is 6.25. The van der Waals surface area contributed by atoms with Gasteiger partial charge in [-0.3, -0.25) is 4.79 Å². The highest BCUT2D eigenvalue weighted by molar-refractivity contribution is 6.17. The van der Waals surface area contributed by atoms with Crippen molar-refractivity contribution in [1.29, 1.82) is 0 Å². The Morgan fingerprint density at radius 3 is 2.62 bits per heavy atom. The Balaban J connectivity index is 1.69. The van der Waals surface area contributed by atoms with Crippen LogP contribution in [0.2, 0.25) is 0 Å². The molecule has 0 unspecified atom stereocenters. The molecule has 1 aliphatic heterocycles. The summed E-state index contributed by atoms with van der Waals surface area (Å²) in [6, 6.07) is 8.43. The van der Waals surface area contributed by atoms with Crippen molar-refractivity contribution in [3.8, 4) is 11.4 Å². The third-order valence-electron chi connectivity index (χ3n) is 5.24. The lowest BCUT2D eigenvalue weighted by Gasteiger charge is -2.16. The second-order valence-electron chi connectivity index (χ2n) is 7.99. The summed E-state index contributed by atoms with van der Waals surface area (Å²) in [5, 5.41) is 12.4. The van der Waals surface area contributed by atoms with Gasteiger partial charge in [-0.05, 0) is 30.7 Å². The zero-order valence-corrected chi connectivity index (χ0v) is 19.2. The maximum atomic E-state index is 13.5. The number of benzene rings is 2. The number of fused-ring (bicyclic) bond motifs is 1. The number of hydrogen-bond acceptors (Lipinski definition) is 6. The number of aromatic nitrogens is 3. The van der Waals surface area contributed by atoms with Gasteiger partial charge >= 0.3 is 12.4 Å². The molecule has 4 rings (SSSR count). The molecule has 196 valence electrons. The van der Waals surface area contributed by atoms with Crippen LogP contribution in [-0.2, 0) is 17.5 Å². The average molecular weight is 526 g/mol. The SMILES string of the molecule is CCOc1cc2c(cc1C(F)(F)F)NC(=O)CC(c1cccc(-n3nncc3CNCC(F)(F)F)c1)=N2. The molecular formula is C23H20F6N6O2. The molecule has 0 fully saturated rings. The first kappa shape index (κ1) is 26.1. The molecular weight excluding hydrogens is 506 g/mol. The number of anilines is 1. The van der Waals surface area contributed by atoms with E-state index in [9.17, 15) is 31.1 Å². The van der Waals surface area contributed by atoms with E-state index in [1.165, 1.54) is 10.9 Å². The monoisotopic (exact) mass is 526 g/mol. The minimum absolute atomic E-state index is 0.00902. The van der Waals surface area contributed by atoms with Crippen LogP contribution >= 0.6 is 0 Å². The van der Waals surface area contributed by atoms with Gasteiger partial charge in [-0.1, -0.05) is 17.3 Å². The Hall–Kier alpha value is -3.94. The summed E-state index contributed by atoms with van der Waals surface area (Å²) in [5.41, 5.74) is 0.455. The van der Waals surface area contributed by atoms with Crippen LogP contribution in [-0.4, -0.2) is 45.9 Å². The molecule has 0 aliphatic carbocycles. The van der Waals surface area contributed by atoms with E-state index in [0.717, 1.165) is 12.1 Å². The van der Waals surface area contributed by atoms with Crippen molar-refractivity contribution in [2.45, 2.75) is 32.2 Å². The predicted molar refractivity (Wildman–Crippen MR) is 121 cm³/mol. The lowest BCUT2D eigenvalue weighted by Crippen LogP contribution is -2.29. The molecule has 14 heteroatoms. The number of carbonyl (C=O) groups excluding carboxylic acids is 1. The van der Waals surface area contributed by atoms with Crippen molar-refractivity contribution in [2.24, 2.45) is 4.99 Å². The van der Waals surface area contributed by atoms with Crippen LogP contribution in [0.5, 0.6) is 5.75 Å². The Morgan fingerprint density at radius 1 is 1.14 bits per heavy atom. The van der Waals surface area contributed by atoms with Crippen molar-refractivity contribution < 1.29 is 35.9 Å². The zero-order chi connectivity index (χ0) is 26.8. The molecule has 3 aromatic rings. The van der Waals surface area contributed by atoms with Crippen LogP contribution in [0.15, 0.2) is 47.6 Å². The van der Waals surface area contributed by atoms with Crippen LogP contribution in [0.25, 0.3) is 5.69 Å². The first-order valence-electron chi connectivity index (χ1n) is 11.0. The molecule has 0 saturated heterocycles. The number of aliphatic imine (C=N–C) groups is 1. The van der Waals surface area contributed by atoms with E-state index < -0.39 is 36.1 Å². The predicted octanol–water partition coefficient (Wildman–Crippen LogP) is 4.80. The van der Waals surface area contributed by atoms with Crippen LogP contribution in [0.1, 0.15) is 30.2 Å². The van der Waals surface area contributed by atoms with E-state index >= 15 is 0 Å². The Kier molecular flexibility index (Phi) is 7.21. The van der Waals surface area contributed by atoms with E-state index in [1.54, 1.807) is 31.2 Å². The summed E-state index contributed by atoms with van der Waals surface area (Å²) >= 11 is 0. The lowest BCUT2D eigenvalue weighted by atomic mass is 10.1. The molecule has 37 heavy (non-hydrogen) atoms. The van der Waals surface area contributed by atoms with Crippen molar-refractivity contribution in [3.05, 3.63) is 59.4 Å². The number of alkyl halides is 6. The van der Waals surface area contributed by atoms with Gasteiger partial charge in [0.25, 0.3) is 0 Å². The molecule has 2 N–H and O–H groups in total. The molecule has 0 spiro atoms. The van der Waals surface area contributed by atoms with Gasteiger partial charge in [0.1, 0.15) is 5.75 Å². The fourth-order valence-corrected chi connectivity index (χ4v) is 3.70. The second kappa shape index (κ2) is 10.2. The summed E-state index contributed by atoms with van der Waals surface area (Å²) in [6.07, 6.45) is -8.01. The van der Waals surface area contributed by atoms with Crippen LogP contribution in [0.3, 0.4) is 0 Å². The standard InChI is InChI=1S/C23H20F6N6O2/c1-2-37-20-8-19-18(7-16(20)23(27,28)29)33-21(36)9-17(32-19)13-4-3-5-14(6-13)35-15(11-31-34-35)10-30-12-22(24,25)26/h3-8,11,30H,2,9-10,12H2,1H3,(H,33,36). The molecule has 1 aromatic heterocycles. The second-order valence-corrected chi connectivity index (χ2v) is 7.99. The number of rotatable bonds is 7. The van der Waals surface area contributed by atoms with Gasteiger partial charge in [-0.15, -0.1) is 5.10 Å². The number of halogens is 6. The van der Waals surface area contributed by atoms with Gasteiger partial charge in [0.15, 0.2) is 0 Å². The van der Waals surface area contributed by atoms with E-state index in [-0.39, 0.29) is 36.7 Å². The smallest absolute Gasteiger partial charge is 0.420 e. The van der Waals surface area contributed by atoms with E-state index in [0.29, 0.717) is 16.9 Å². The number of ether oxygens (including phenoxy) is 1. The number of nitrogens with zero attached hydrogens (tertiary/aromatic N) is 4. The van der Waals surface area contributed by atoms with E-state index in [1.807, 2.05) is 0 Å². The maximum absolute atomic E-state index is 13.5. The summed E-state index contributed by atoms with van der Waals surface area (Å²) in [7, 11) is 0. The number of hydrogen-bond donors (Lipinski definition) is 2. The molecule has 0 bridgehead atoms. The van der Waals surface area contributed by atoms with Gasteiger partial charge in [-0.25, -0.2) is 9.67 Å². The molecule has 2 aromatic carbocycles. The summed E-state index contributed by atoms with van der Waals surface area (Å²) < 4.78 is 84.5. The normalized spacial score (nSPS) is 14.0. The fraction of sp³-hybridized carbons (Fsp3) is 0.304. The quantitative estimate of drug-likeness (QED) is 0.432. The third-order valence-corrected chi connectivity index (χ3v) is 5.24. The number of amides is 1. The maximum Gasteiger partial charge on any atom is 0.420 e. The average Bonchev–Trinajstić information content (AvgIpc) is 3.20. The lowest BCUT2D eigenvalue weighted by molar-refractivity contribution is -0.139. The van der Waals surface area contributed by atoms with Gasteiger partial charge < -0.3 is 15.4 Å². The molecule has 8 nitrogen and oxygen atoms in total. The minimum Gasteiger partial charge on any atom is -0.493 e. The molecule has 0 saturated carbocycles. The summed E-state index contributed by atoms with van der Waals surface area (Å²) in [6.45, 7) is 0.189. The molecule has 2 heterocycles. The fourth-order valence-electron chi connectivity index (χ4n) is 3.70.